The number of ether oxygens (including phenoxy) is 3. The van der Waals surface area contributed by atoms with Gasteiger partial charge in [-0.1, -0.05) is 19.4 Å². The van der Waals surface area contributed by atoms with Crippen molar-refractivity contribution in [1.29, 1.82) is 0 Å². The number of benzene rings is 1. The van der Waals surface area contributed by atoms with Gasteiger partial charge in [-0.25, -0.2) is 23.5 Å². The fourth-order valence-electron chi connectivity index (χ4n) is 6.49. The third-order valence-electron chi connectivity index (χ3n) is 8.62. The van der Waals surface area contributed by atoms with E-state index in [0.717, 1.165) is 51.8 Å². The van der Waals surface area contributed by atoms with Gasteiger partial charge in [-0.15, -0.1) is 0 Å². The maximum Gasteiger partial charge on any atom is 0.410 e. The highest BCUT2D eigenvalue weighted by molar-refractivity contribution is 5.78. The molecule has 0 N–H and O–H groups in total. The Balaban J connectivity index is 1.28. The lowest BCUT2D eigenvalue weighted by Gasteiger charge is -2.30. The zero-order valence-corrected chi connectivity index (χ0v) is 24.6. The van der Waals surface area contributed by atoms with E-state index >= 15 is 0 Å². The first-order valence-corrected chi connectivity index (χ1v) is 14.8. The van der Waals surface area contributed by atoms with Gasteiger partial charge in [0, 0.05) is 30.2 Å². The van der Waals surface area contributed by atoms with Crippen molar-refractivity contribution in [2.75, 3.05) is 13.2 Å². The minimum absolute atomic E-state index is 0.0225. The number of nitrogens with zero attached hydrogens (tertiary/aromatic N) is 4. The molecule has 3 atom stereocenters. The summed E-state index contributed by atoms with van der Waals surface area (Å²) in [6.45, 7) is 9.03. The lowest BCUT2D eigenvalue weighted by Crippen LogP contribution is -2.37. The molecule has 1 aliphatic carbocycles. The predicted molar refractivity (Wildman–Crippen MR) is 153 cm³/mol. The molecule has 3 aliphatic rings. The van der Waals surface area contributed by atoms with Crippen LogP contribution in [-0.2, 0) is 33.6 Å². The third-order valence-corrected chi connectivity index (χ3v) is 8.62. The van der Waals surface area contributed by atoms with Crippen LogP contribution in [0.5, 0.6) is 0 Å². The number of alkyl halides is 2. The van der Waals surface area contributed by atoms with Crippen LogP contribution in [0, 0.1) is 6.92 Å². The number of rotatable bonds is 8. The van der Waals surface area contributed by atoms with Crippen LogP contribution in [0.15, 0.2) is 42.4 Å². The molecular formula is C32H38F2N4O4. The molecule has 224 valence electrons. The topological polar surface area (TPSA) is 78.7 Å². The predicted octanol–water partition coefficient (Wildman–Crippen LogP) is 6.61. The highest BCUT2D eigenvalue weighted by Crippen LogP contribution is 2.45. The van der Waals surface area contributed by atoms with Gasteiger partial charge in [0.15, 0.2) is 5.79 Å². The average molecular weight is 581 g/mol. The number of halogens is 2. The summed E-state index contributed by atoms with van der Waals surface area (Å²) >= 11 is 0. The normalized spacial score (nSPS) is 22.9. The molecule has 6 rings (SSSR count). The fourth-order valence-corrected chi connectivity index (χ4v) is 6.49. The molecule has 1 fully saturated rings. The molecule has 1 amide bonds. The molecular weight excluding hydrogens is 542 g/mol. The zero-order valence-electron chi connectivity index (χ0n) is 24.6. The minimum atomic E-state index is -2.56. The molecule has 10 heteroatoms. The standard InChI is InChI=1S/C32H38F2N4O4/c1-5-6-13-40-31(39)37-11-9-21-15-23(29(33)34)14-20(25(21)17-37)7-8-22-16-26(28-27(22)41-32(3,4)42-28)38-12-10-24-19(2)35-18-36-30(24)38/h10,12,14-16,18,26-29H,5-9,11,13,17H2,1-4H3/t26-,27-,28+/m1/s1. The molecule has 0 saturated carbocycles. The summed E-state index contributed by atoms with van der Waals surface area (Å²) in [7, 11) is 0. The van der Waals surface area contributed by atoms with Crippen molar-refractivity contribution in [3.8, 4) is 0 Å². The van der Waals surface area contributed by atoms with Crippen LogP contribution in [0.3, 0.4) is 0 Å². The quantitative estimate of drug-likeness (QED) is 0.221. The molecule has 1 saturated heterocycles. The van der Waals surface area contributed by atoms with Crippen molar-refractivity contribution in [2.24, 2.45) is 0 Å². The number of unbranched alkanes of at least 4 members (excludes halogenated alkanes) is 1. The van der Waals surface area contributed by atoms with Gasteiger partial charge in [-0.05, 0) is 86.9 Å². The molecule has 0 unspecified atom stereocenters. The second kappa shape index (κ2) is 11.4. The summed E-state index contributed by atoms with van der Waals surface area (Å²) in [6.07, 6.45) is 5.79. The van der Waals surface area contributed by atoms with Crippen molar-refractivity contribution in [3.05, 3.63) is 70.3 Å². The molecule has 0 bridgehead atoms. The maximum absolute atomic E-state index is 13.9. The van der Waals surface area contributed by atoms with E-state index in [4.69, 9.17) is 14.2 Å². The number of aromatic nitrogens is 3. The number of hydrogen-bond acceptors (Lipinski definition) is 6. The van der Waals surface area contributed by atoms with Gasteiger partial charge in [-0.2, -0.15) is 0 Å². The van der Waals surface area contributed by atoms with Crippen LogP contribution in [0.1, 0.15) is 80.4 Å². The Morgan fingerprint density at radius 2 is 2.05 bits per heavy atom. The molecule has 8 nitrogen and oxygen atoms in total. The number of amides is 1. The Hall–Kier alpha value is -3.37. The van der Waals surface area contributed by atoms with E-state index in [2.05, 4.69) is 20.6 Å². The molecule has 2 aromatic heterocycles. The summed E-state index contributed by atoms with van der Waals surface area (Å²) in [5.41, 5.74) is 5.50. The van der Waals surface area contributed by atoms with Crippen molar-refractivity contribution in [2.45, 2.75) is 96.8 Å². The van der Waals surface area contributed by atoms with Crippen LogP contribution in [0.4, 0.5) is 13.6 Å². The average Bonchev–Trinajstić information content (AvgIpc) is 3.62. The monoisotopic (exact) mass is 580 g/mol. The van der Waals surface area contributed by atoms with Crippen LogP contribution < -0.4 is 0 Å². The Morgan fingerprint density at radius 3 is 2.83 bits per heavy atom. The van der Waals surface area contributed by atoms with Crippen LogP contribution in [0.25, 0.3) is 11.0 Å². The van der Waals surface area contributed by atoms with E-state index in [1.807, 2.05) is 40.0 Å². The molecule has 1 aromatic carbocycles. The molecule has 4 heterocycles. The first-order valence-electron chi connectivity index (χ1n) is 14.8. The summed E-state index contributed by atoms with van der Waals surface area (Å²) < 4.78 is 48.2. The fraction of sp³-hybridized carbons (Fsp3) is 0.531. The summed E-state index contributed by atoms with van der Waals surface area (Å²) in [4.78, 5) is 23.3. The van der Waals surface area contributed by atoms with E-state index in [0.29, 0.717) is 39.0 Å². The summed E-state index contributed by atoms with van der Waals surface area (Å²) in [5, 5.41) is 0.988. The van der Waals surface area contributed by atoms with E-state index in [9.17, 15) is 13.6 Å². The van der Waals surface area contributed by atoms with Crippen molar-refractivity contribution >= 4 is 17.1 Å². The van der Waals surface area contributed by atoms with E-state index in [1.165, 1.54) is 0 Å². The molecule has 3 aromatic rings. The highest BCUT2D eigenvalue weighted by atomic mass is 19.3. The Labute approximate surface area is 244 Å². The van der Waals surface area contributed by atoms with Crippen molar-refractivity contribution < 1.29 is 27.8 Å². The van der Waals surface area contributed by atoms with Gasteiger partial charge in [0.2, 0.25) is 0 Å². The van der Waals surface area contributed by atoms with E-state index < -0.39 is 12.2 Å². The van der Waals surface area contributed by atoms with Crippen LogP contribution >= 0.6 is 0 Å². The van der Waals surface area contributed by atoms with E-state index in [-0.39, 0.29) is 29.9 Å². The first kappa shape index (κ1) is 28.7. The second-order valence-electron chi connectivity index (χ2n) is 11.9. The van der Waals surface area contributed by atoms with Gasteiger partial charge >= 0.3 is 6.09 Å². The van der Waals surface area contributed by atoms with Gasteiger partial charge < -0.3 is 23.7 Å². The molecule has 42 heavy (non-hydrogen) atoms. The van der Waals surface area contributed by atoms with Gasteiger partial charge in [-0.3, -0.25) is 0 Å². The second-order valence-corrected chi connectivity index (χ2v) is 11.9. The minimum Gasteiger partial charge on any atom is -0.449 e. The molecule has 2 aliphatic heterocycles. The largest absolute Gasteiger partial charge is 0.449 e. The maximum atomic E-state index is 13.9. The summed E-state index contributed by atoms with van der Waals surface area (Å²) in [5.74, 6) is -0.756. The highest BCUT2D eigenvalue weighted by Gasteiger charge is 2.50. The van der Waals surface area contributed by atoms with Crippen LogP contribution in [-0.4, -0.2) is 56.7 Å². The number of carbonyl (C=O) groups excluding carboxylic acids is 1. The number of aryl methyl sites for hydroxylation is 2. The number of carbonyl (C=O) groups is 1. The lowest BCUT2D eigenvalue weighted by molar-refractivity contribution is -0.147. The van der Waals surface area contributed by atoms with Gasteiger partial charge in [0.1, 0.15) is 24.2 Å². The SMILES string of the molecule is CCCCOC(=O)N1CCc2cc(C(F)F)cc(CCC3=C[C@@H](n4ccc5c(C)ncnc54)[C@@H]4OC(C)(C)O[C@H]34)c2C1. The number of fused-ring (bicyclic) bond motifs is 3. The Bertz CT molecular complexity index is 1520. The molecule has 0 radical (unpaired) electrons. The van der Waals surface area contributed by atoms with Crippen LogP contribution in [0.2, 0.25) is 0 Å². The molecule has 0 spiro atoms. The summed E-state index contributed by atoms with van der Waals surface area (Å²) in [6, 6.07) is 5.10. The van der Waals surface area contributed by atoms with E-state index in [1.54, 1.807) is 23.4 Å². The van der Waals surface area contributed by atoms with Crippen molar-refractivity contribution in [3.63, 3.8) is 0 Å². The zero-order chi connectivity index (χ0) is 29.6. The smallest absolute Gasteiger partial charge is 0.410 e. The van der Waals surface area contributed by atoms with Gasteiger partial charge in [0.25, 0.3) is 6.43 Å². The first-order chi connectivity index (χ1) is 20.1. The third kappa shape index (κ3) is 5.42. The Morgan fingerprint density at radius 1 is 1.21 bits per heavy atom. The lowest BCUT2D eigenvalue weighted by atomic mass is 9.89. The Kier molecular flexibility index (Phi) is 7.78. The van der Waals surface area contributed by atoms with Crippen molar-refractivity contribution in [1.82, 2.24) is 19.4 Å². The van der Waals surface area contributed by atoms with Gasteiger partial charge in [0.05, 0.1) is 18.3 Å². The number of hydrogen-bond donors (Lipinski definition) is 0.